The molecule has 25 heavy (non-hydrogen) atoms. The van der Waals surface area contributed by atoms with Gasteiger partial charge in [-0.05, 0) is 61.7 Å². The van der Waals surface area contributed by atoms with Crippen LogP contribution < -0.4 is 4.72 Å². The fourth-order valence-corrected chi connectivity index (χ4v) is 4.56. The highest BCUT2D eigenvalue weighted by Crippen LogP contribution is 2.20. The van der Waals surface area contributed by atoms with E-state index in [1.54, 1.807) is 24.3 Å². The number of sulfonamides is 1. The number of nitrogens with zero attached hydrogens (tertiary/aromatic N) is 1. The molecule has 0 atom stereocenters. The van der Waals surface area contributed by atoms with Crippen molar-refractivity contribution in [1.82, 2.24) is 9.62 Å². The molecule has 1 aliphatic heterocycles. The summed E-state index contributed by atoms with van der Waals surface area (Å²) in [4.78, 5) is 2.28. The minimum absolute atomic E-state index is 0.151. The first-order valence-corrected chi connectivity index (χ1v) is 10.1. The van der Waals surface area contributed by atoms with E-state index in [9.17, 15) is 12.8 Å². The van der Waals surface area contributed by atoms with Gasteiger partial charge in [0.25, 0.3) is 0 Å². The van der Waals surface area contributed by atoms with Crippen molar-refractivity contribution < 1.29 is 17.2 Å². The Morgan fingerprint density at radius 3 is 2.52 bits per heavy atom. The fraction of sp³-hybridized carbons (Fsp3) is 0.444. The van der Waals surface area contributed by atoms with Crippen molar-refractivity contribution in [2.75, 3.05) is 18.8 Å². The van der Waals surface area contributed by atoms with Gasteiger partial charge in [-0.2, -0.15) is 0 Å². The lowest BCUT2D eigenvalue weighted by atomic mass is 9.98. The highest BCUT2D eigenvalue weighted by atomic mass is 32.2. The number of hydrogen-bond donors (Lipinski definition) is 1. The molecule has 7 heteroatoms. The van der Waals surface area contributed by atoms with Gasteiger partial charge in [-0.15, -0.1) is 0 Å². The molecule has 0 aliphatic carbocycles. The number of nitrogens with one attached hydrogen (secondary N) is 1. The minimum Gasteiger partial charge on any atom is -0.468 e. The summed E-state index contributed by atoms with van der Waals surface area (Å²) in [6, 6.07) is 10.0. The molecular weight excluding hydrogens is 343 g/mol. The highest BCUT2D eigenvalue weighted by Gasteiger charge is 2.24. The predicted molar refractivity (Wildman–Crippen MR) is 93.7 cm³/mol. The smallest absolute Gasteiger partial charge is 0.212 e. The van der Waals surface area contributed by atoms with E-state index < -0.39 is 10.0 Å². The molecule has 1 aromatic heterocycles. The van der Waals surface area contributed by atoms with Gasteiger partial charge in [0, 0.05) is 6.54 Å². The second kappa shape index (κ2) is 8.12. The van der Waals surface area contributed by atoms with Gasteiger partial charge in [-0.25, -0.2) is 17.5 Å². The molecular formula is C18H23FN2O3S. The Labute approximate surface area is 147 Å². The first-order chi connectivity index (χ1) is 12.0. The molecule has 0 radical (unpaired) electrons. The van der Waals surface area contributed by atoms with Crippen molar-refractivity contribution in [3.8, 4) is 0 Å². The van der Waals surface area contributed by atoms with E-state index in [1.165, 1.54) is 18.4 Å². The van der Waals surface area contributed by atoms with Crippen LogP contribution in [0.2, 0.25) is 0 Å². The third-order valence-corrected chi connectivity index (χ3v) is 6.02. The van der Waals surface area contributed by atoms with Crippen molar-refractivity contribution in [2.24, 2.45) is 5.92 Å². The highest BCUT2D eigenvalue weighted by molar-refractivity contribution is 7.89. The van der Waals surface area contributed by atoms with Crippen molar-refractivity contribution in [1.29, 1.82) is 0 Å². The molecule has 0 amide bonds. The summed E-state index contributed by atoms with van der Waals surface area (Å²) in [5.41, 5.74) is 1.08. The second-order valence-corrected chi connectivity index (χ2v) is 8.38. The van der Waals surface area contributed by atoms with Crippen LogP contribution in [0.1, 0.15) is 24.2 Å². The van der Waals surface area contributed by atoms with Crippen LogP contribution in [0.5, 0.6) is 0 Å². The van der Waals surface area contributed by atoms with Gasteiger partial charge in [-0.3, -0.25) is 4.90 Å². The molecule has 2 heterocycles. The van der Waals surface area contributed by atoms with Gasteiger partial charge in [0.05, 0.1) is 18.6 Å². The molecule has 1 aliphatic rings. The summed E-state index contributed by atoms with van der Waals surface area (Å²) in [6.45, 7) is 2.68. The summed E-state index contributed by atoms with van der Waals surface area (Å²) < 4.78 is 45.1. The van der Waals surface area contributed by atoms with E-state index in [-0.39, 0.29) is 24.0 Å². The largest absolute Gasteiger partial charge is 0.468 e. The minimum atomic E-state index is -3.31. The van der Waals surface area contributed by atoms with Crippen LogP contribution in [0.25, 0.3) is 0 Å². The molecule has 5 nitrogen and oxygen atoms in total. The number of piperidine rings is 1. The van der Waals surface area contributed by atoms with E-state index in [0.29, 0.717) is 5.76 Å². The van der Waals surface area contributed by atoms with Gasteiger partial charge in [0.1, 0.15) is 11.6 Å². The SMILES string of the molecule is O=S(=O)(CC1CCN(Cc2ccc(F)cc2)CC1)NCc1ccco1. The number of halogens is 1. The van der Waals surface area contributed by atoms with E-state index in [0.717, 1.165) is 38.0 Å². The van der Waals surface area contributed by atoms with Crippen molar-refractivity contribution in [2.45, 2.75) is 25.9 Å². The summed E-state index contributed by atoms with van der Waals surface area (Å²) in [5, 5.41) is 0. The average Bonchev–Trinajstić information content (AvgIpc) is 3.10. The lowest BCUT2D eigenvalue weighted by molar-refractivity contribution is 0.186. The molecule has 1 saturated heterocycles. The fourth-order valence-electron chi connectivity index (χ4n) is 3.12. The van der Waals surface area contributed by atoms with Crippen LogP contribution in [0.4, 0.5) is 4.39 Å². The van der Waals surface area contributed by atoms with E-state index in [1.807, 2.05) is 0 Å². The van der Waals surface area contributed by atoms with Crippen molar-refractivity contribution in [3.05, 3.63) is 59.8 Å². The Kier molecular flexibility index (Phi) is 5.88. The zero-order valence-electron chi connectivity index (χ0n) is 14.0. The molecule has 136 valence electrons. The lowest BCUT2D eigenvalue weighted by Crippen LogP contribution is -2.37. The van der Waals surface area contributed by atoms with Gasteiger partial charge >= 0.3 is 0 Å². The summed E-state index contributed by atoms with van der Waals surface area (Å²) in [5.74, 6) is 0.698. The molecule has 3 rings (SSSR count). The van der Waals surface area contributed by atoms with E-state index >= 15 is 0 Å². The average molecular weight is 366 g/mol. The standard InChI is InChI=1S/C18H23FN2O3S/c19-17-5-3-15(4-6-17)13-21-9-7-16(8-10-21)14-25(22,23)20-12-18-2-1-11-24-18/h1-6,11,16,20H,7-10,12-14H2. The van der Waals surface area contributed by atoms with Crippen LogP contribution in [0.3, 0.4) is 0 Å². The number of rotatable bonds is 7. The lowest BCUT2D eigenvalue weighted by Gasteiger charge is -2.31. The molecule has 0 spiro atoms. The second-order valence-electron chi connectivity index (χ2n) is 6.53. The third kappa shape index (κ3) is 5.66. The quantitative estimate of drug-likeness (QED) is 0.818. The van der Waals surface area contributed by atoms with E-state index in [4.69, 9.17) is 4.42 Å². The van der Waals surface area contributed by atoms with E-state index in [2.05, 4.69) is 9.62 Å². The number of hydrogen-bond acceptors (Lipinski definition) is 4. The zero-order valence-corrected chi connectivity index (χ0v) is 14.8. The Bertz CT molecular complexity index is 752. The molecule has 2 aromatic rings. The number of furan rings is 1. The zero-order chi connectivity index (χ0) is 17.7. The summed E-state index contributed by atoms with van der Waals surface area (Å²) in [6.07, 6.45) is 3.23. The maximum Gasteiger partial charge on any atom is 0.212 e. The van der Waals surface area contributed by atoms with Gasteiger partial charge in [0.15, 0.2) is 0 Å². The van der Waals surface area contributed by atoms with Crippen LogP contribution in [-0.2, 0) is 23.1 Å². The van der Waals surface area contributed by atoms with Crippen LogP contribution in [0.15, 0.2) is 47.1 Å². The topological polar surface area (TPSA) is 62.6 Å². The predicted octanol–water partition coefficient (Wildman–Crippen LogP) is 2.75. The summed E-state index contributed by atoms with van der Waals surface area (Å²) in [7, 11) is -3.31. The first-order valence-electron chi connectivity index (χ1n) is 8.47. The van der Waals surface area contributed by atoms with Crippen LogP contribution in [-0.4, -0.2) is 32.2 Å². The van der Waals surface area contributed by atoms with Gasteiger partial charge in [0.2, 0.25) is 10.0 Å². The Balaban J connectivity index is 1.43. The molecule has 1 N–H and O–H groups in total. The van der Waals surface area contributed by atoms with Gasteiger partial charge < -0.3 is 4.42 Å². The number of benzene rings is 1. The normalized spacial score (nSPS) is 17.0. The molecule has 0 unspecified atom stereocenters. The summed E-state index contributed by atoms with van der Waals surface area (Å²) >= 11 is 0. The van der Waals surface area contributed by atoms with Crippen molar-refractivity contribution >= 4 is 10.0 Å². The monoisotopic (exact) mass is 366 g/mol. The van der Waals surface area contributed by atoms with Crippen LogP contribution >= 0.6 is 0 Å². The van der Waals surface area contributed by atoms with Crippen LogP contribution in [0, 0.1) is 11.7 Å². The Morgan fingerprint density at radius 1 is 1.16 bits per heavy atom. The third-order valence-electron chi connectivity index (χ3n) is 4.53. The first kappa shape index (κ1) is 18.1. The number of likely N-dealkylation sites (tertiary alicyclic amines) is 1. The Morgan fingerprint density at radius 2 is 1.88 bits per heavy atom. The van der Waals surface area contributed by atoms with Gasteiger partial charge in [-0.1, -0.05) is 12.1 Å². The molecule has 0 saturated carbocycles. The molecule has 1 aromatic carbocycles. The molecule has 1 fully saturated rings. The van der Waals surface area contributed by atoms with Crippen molar-refractivity contribution in [3.63, 3.8) is 0 Å². The Hall–Kier alpha value is -1.70. The maximum absolute atomic E-state index is 12.9. The maximum atomic E-state index is 12.9. The molecule has 0 bridgehead atoms.